The topological polar surface area (TPSA) is 24.9 Å². The lowest BCUT2D eigenvalue weighted by Crippen LogP contribution is -2.44. The molecule has 0 saturated carbocycles. The van der Waals surface area contributed by atoms with Crippen molar-refractivity contribution in [3.63, 3.8) is 0 Å². The maximum atomic E-state index is 5.84. The molecule has 0 spiro atoms. The lowest BCUT2D eigenvalue weighted by atomic mass is 10.0. The number of nitrogens with zero attached hydrogens (tertiary/aromatic N) is 2. The van der Waals surface area contributed by atoms with Crippen LogP contribution in [-0.2, 0) is 17.7 Å². The Morgan fingerprint density at radius 2 is 2.08 bits per heavy atom. The Morgan fingerprint density at radius 1 is 1.29 bits per heavy atom. The van der Waals surface area contributed by atoms with Crippen LogP contribution in [0.15, 0.2) is 18.2 Å². The third-order valence-corrected chi connectivity index (χ3v) is 5.34. The van der Waals surface area contributed by atoms with Crippen molar-refractivity contribution in [1.29, 1.82) is 0 Å². The second-order valence-corrected chi connectivity index (χ2v) is 7.43. The predicted molar refractivity (Wildman–Crippen MR) is 97.7 cm³/mol. The fourth-order valence-electron chi connectivity index (χ4n) is 3.97. The normalized spacial score (nSPS) is 21.9. The van der Waals surface area contributed by atoms with E-state index >= 15 is 0 Å². The van der Waals surface area contributed by atoms with Crippen LogP contribution in [0.5, 0.6) is 5.75 Å². The molecule has 0 aliphatic carbocycles. The number of ether oxygens (including phenoxy) is 2. The lowest BCUT2D eigenvalue weighted by molar-refractivity contribution is 0.0999. The molecule has 134 valence electrons. The van der Waals surface area contributed by atoms with E-state index in [-0.39, 0.29) is 0 Å². The zero-order valence-corrected chi connectivity index (χ0v) is 15.5. The van der Waals surface area contributed by atoms with Crippen LogP contribution in [0.3, 0.4) is 0 Å². The third kappa shape index (κ3) is 4.50. The average molecular weight is 332 g/mol. The van der Waals surface area contributed by atoms with Crippen molar-refractivity contribution in [2.24, 2.45) is 0 Å². The van der Waals surface area contributed by atoms with Crippen LogP contribution in [0.2, 0.25) is 0 Å². The lowest BCUT2D eigenvalue weighted by Gasteiger charge is -2.37. The van der Waals surface area contributed by atoms with E-state index in [0.717, 1.165) is 38.3 Å². The van der Waals surface area contributed by atoms with Crippen molar-refractivity contribution in [2.75, 3.05) is 40.4 Å². The molecule has 0 aromatic heterocycles. The largest absolute Gasteiger partial charge is 0.490 e. The second-order valence-electron chi connectivity index (χ2n) is 7.43. The van der Waals surface area contributed by atoms with Gasteiger partial charge in [0.2, 0.25) is 0 Å². The number of methoxy groups -OCH3 is 1. The fourth-order valence-corrected chi connectivity index (χ4v) is 3.97. The molecule has 4 heteroatoms. The van der Waals surface area contributed by atoms with Gasteiger partial charge in [0.15, 0.2) is 0 Å². The van der Waals surface area contributed by atoms with Crippen molar-refractivity contribution in [3.05, 3.63) is 29.3 Å². The summed E-state index contributed by atoms with van der Waals surface area (Å²) in [7, 11) is 4.02. The number of likely N-dealkylation sites (tertiary alicyclic amines) is 1. The van der Waals surface area contributed by atoms with Crippen molar-refractivity contribution in [3.8, 4) is 5.75 Å². The molecule has 1 atom stereocenters. The highest BCUT2D eigenvalue weighted by Crippen LogP contribution is 2.30. The summed E-state index contributed by atoms with van der Waals surface area (Å²) in [6.45, 7) is 7.57. The quantitative estimate of drug-likeness (QED) is 0.717. The summed E-state index contributed by atoms with van der Waals surface area (Å²) < 4.78 is 11.1. The summed E-state index contributed by atoms with van der Waals surface area (Å²) in [5.41, 5.74) is 2.79. The zero-order chi connectivity index (χ0) is 16.9. The van der Waals surface area contributed by atoms with Crippen LogP contribution < -0.4 is 4.74 Å². The first kappa shape index (κ1) is 17.7. The molecule has 3 rings (SSSR count). The summed E-state index contributed by atoms with van der Waals surface area (Å²) in [5, 5.41) is 0. The molecule has 0 radical (unpaired) electrons. The van der Waals surface area contributed by atoms with E-state index in [4.69, 9.17) is 9.47 Å². The maximum Gasteiger partial charge on any atom is 0.123 e. The molecular formula is C20H32N2O2. The molecule has 1 aromatic carbocycles. The van der Waals surface area contributed by atoms with E-state index in [1.165, 1.54) is 37.1 Å². The molecule has 24 heavy (non-hydrogen) atoms. The van der Waals surface area contributed by atoms with Crippen molar-refractivity contribution in [1.82, 2.24) is 9.80 Å². The van der Waals surface area contributed by atoms with Gasteiger partial charge in [0.25, 0.3) is 0 Å². The van der Waals surface area contributed by atoms with Gasteiger partial charge in [-0.1, -0.05) is 12.1 Å². The SMILES string of the molecule is COCCCN(Cc1ccc2c(c1)CC(C)O2)C1CCN(C)CC1. The number of piperidine rings is 1. The minimum Gasteiger partial charge on any atom is -0.490 e. The van der Waals surface area contributed by atoms with E-state index in [2.05, 4.69) is 42.0 Å². The van der Waals surface area contributed by atoms with E-state index in [9.17, 15) is 0 Å². The molecule has 0 amide bonds. The molecule has 2 heterocycles. The first-order valence-electron chi connectivity index (χ1n) is 9.35. The minimum atomic E-state index is 0.321. The van der Waals surface area contributed by atoms with E-state index in [1.54, 1.807) is 7.11 Å². The van der Waals surface area contributed by atoms with Gasteiger partial charge in [-0.15, -0.1) is 0 Å². The van der Waals surface area contributed by atoms with Crippen molar-refractivity contribution in [2.45, 2.75) is 51.3 Å². The van der Waals surface area contributed by atoms with E-state index in [1.807, 2.05) is 0 Å². The highest BCUT2D eigenvalue weighted by molar-refractivity contribution is 5.40. The Kier molecular flexibility index (Phi) is 6.14. The number of hydrogen-bond donors (Lipinski definition) is 0. The highest BCUT2D eigenvalue weighted by atomic mass is 16.5. The Labute approximate surface area is 146 Å². The van der Waals surface area contributed by atoms with Gasteiger partial charge in [-0.25, -0.2) is 0 Å². The van der Waals surface area contributed by atoms with Crippen molar-refractivity contribution < 1.29 is 9.47 Å². The van der Waals surface area contributed by atoms with Crippen LogP contribution in [0.25, 0.3) is 0 Å². The van der Waals surface area contributed by atoms with E-state index in [0.29, 0.717) is 12.1 Å². The Balaban J connectivity index is 1.65. The van der Waals surface area contributed by atoms with Gasteiger partial charge in [-0.05, 0) is 63.5 Å². The Hall–Kier alpha value is -1.10. The molecule has 1 aromatic rings. The molecule has 1 unspecified atom stereocenters. The average Bonchev–Trinajstić information content (AvgIpc) is 2.94. The maximum absolute atomic E-state index is 5.84. The molecule has 0 bridgehead atoms. The summed E-state index contributed by atoms with van der Waals surface area (Å²) in [6.07, 6.45) is 5.01. The van der Waals surface area contributed by atoms with Gasteiger partial charge in [0, 0.05) is 39.3 Å². The number of rotatable bonds is 7. The van der Waals surface area contributed by atoms with Gasteiger partial charge in [0.05, 0.1) is 0 Å². The number of fused-ring (bicyclic) bond motifs is 1. The first-order chi connectivity index (χ1) is 11.7. The molecule has 2 aliphatic heterocycles. The fraction of sp³-hybridized carbons (Fsp3) is 0.700. The molecular weight excluding hydrogens is 300 g/mol. The second kappa shape index (κ2) is 8.32. The van der Waals surface area contributed by atoms with Crippen LogP contribution in [0.4, 0.5) is 0 Å². The minimum absolute atomic E-state index is 0.321. The van der Waals surface area contributed by atoms with Crippen molar-refractivity contribution >= 4 is 0 Å². The highest BCUT2D eigenvalue weighted by Gasteiger charge is 2.24. The van der Waals surface area contributed by atoms with E-state index < -0.39 is 0 Å². The Morgan fingerprint density at radius 3 is 2.83 bits per heavy atom. The van der Waals surface area contributed by atoms with Crippen LogP contribution >= 0.6 is 0 Å². The van der Waals surface area contributed by atoms with Crippen LogP contribution in [0.1, 0.15) is 37.3 Å². The summed E-state index contributed by atoms with van der Waals surface area (Å²) >= 11 is 0. The smallest absolute Gasteiger partial charge is 0.123 e. The van der Waals surface area contributed by atoms with Gasteiger partial charge in [-0.2, -0.15) is 0 Å². The molecule has 0 N–H and O–H groups in total. The molecule has 2 aliphatic rings. The van der Waals surface area contributed by atoms with Crippen LogP contribution in [-0.4, -0.2) is 62.3 Å². The summed E-state index contributed by atoms with van der Waals surface area (Å²) in [4.78, 5) is 5.12. The molecule has 4 nitrogen and oxygen atoms in total. The number of hydrogen-bond acceptors (Lipinski definition) is 4. The van der Waals surface area contributed by atoms with Crippen LogP contribution in [0, 0.1) is 0 Å². The zero-order valence-electron chi connectivity index (χ0n) is 15.5. The number of benzene rings is 1. The van der Waals surface area contributed by atoms with Gasteiger partial charge < -0.3 is 14.4 Å². The first-order valence-corrected chi connectivity index (χ1v) is 9.35. The third-order valence-electron chi connectivity index (χ3n) is 5.34. The summed E-state index contributed by atoms with van der Waals surface area (Å²) in [5.74, 6) is 1.08. The summed E-state index contributed by atoms with van der Waals surface area (Å²) in [6, 6.07) is 7.46. The monoisotopic (exact) mass is 332 g/mol. The van der Waals surface area contributed by atoms with Gasteiger partial charge >= 0.3 is 0 Å². The predicted octanol–water partition coefficient (Wildman–Crippen LogP) is 2.94. The Bertz CT molecular complexity index is 526. The van der Waals surface area contributed by atoms with Gasteiger partial charge in [0.1, 0.15) is 11.9 Å². The standard InChI is InChI=1S/C20H32N2O2/c1-16-13-18-14-17(5-6-20(18)24-16)15-22(9-4-12-23-3)19-7-10-21(2)11-8-19/h5-6,14,16,19H,4,7-13,15H2,1-3H3. The molecule has 1 fully saturated rings. The van der Waals surface area contributed by atoms with Gasteiger partial charge in [-0.3, -0.25) is 4.90 Å². The molecule has 1 saturated heterocycles.